The Bertz CT molecular complexity index is 376. The molecule has 0 aliphatic rings. The first-order valence-electron chi connectivity index (χ1n) is 4.03. The quantitative estimate of drug-likeness (QED) is 0.577. The molecule has 0 saturated heterocycles. The molecule has 0 N–H and O–H groups in total. The van der Waals surface area contributed by atoms with Crippen molar-refractivity contribution in [3.8, 4) is 0 Å². The molecule has 0 aromatic heterocycles. The fraction of sp³-hybridized carbons (Fsp3) is 0.182. The normalized spacial score (nSPS) is 12.4. The third-order valence-electron chi connectivity index (χ3n) is 1.85. The van der Waals surface area contributed by atoms with Crippen molar-refractivity contribution in [1.82, 2.24) is 0 Å². The van der Waals surface area contributed by atoms with E-state index in [9.17, 15) is 0 Å². The minimum absolute atomic E-state index is 0.899. The van der Waals surface area contributed by atoms with E-state index in [1.165, 1.54) is 0 Å². The van der Waals surface area contributed by atoms with Crippen molar-refractivity contribution in [2.75, 3.05) is 0 Å². The van der Waals surface area contributed by atoms with E-state index >= 15 is 0 Å². The lowest BCUT2D eigenvalue weighted by Gasteiger charge is -1.95. The second kappa shape index (κ2) is 3.86. The van der Waals surface area contributed by atoms with E-state index in [0.717, 1.165) is 22.6 Å². The maximum atomic E-state index is 3.96. The average molecular weight is 159 g/mol. The number of aliphatic imine (C=N–C) groups is 1. The van der Waals surface area contributed by atoms with Gasteiger partial charge in [0.15, 0.2) is 0 Å². The fourth-order valence-electron chi connectivity index (χ4n) is 1.19. The van der Waals surface area contributed by atoms with Crippen LogP contribution in [0.1, 0.15) is 13.3 Å². The molecule has 1 aromatic carbocycles. The predicted octanol–water partition coefficient (Wildman–Crippen LogP) is 1.32. The summed E-state index contributed by atoms with van der Waals surface area (Å²) in [6, 6.07) is 7.97. The van der Waals surface area contributed by atoms with Crippen LogP contribution in [-0.2, 0) is 0 Å². The van der Waals surface area contributed by atoms with Gasteiger partial charge >= 0.3 is 0 Å². The lowest BCUT2D eigenvalue weighted by Crippen LogP contribution is -2.24. The van der Waals surface area contributed by atoms with Gasteiger partial charge in [-0.25, -0.2) is 0 Å². The second-order valence-electron chi connectivity index (χ2n) is 2.62. The van der Waals surface area contributed by atoms with Gasteiger partial charge in [0.25, 0.3) is 0 Å². The van der Waals surface area contributed by atoms with Gasteiger partial charge < -0.3 is 0 Å². The van der Waals surface area contributed by atoms with Crippen LogP contribution < -0.4 is 10.4 Å². The molecule has 1 aromatic rings. The Morgan fingerprint density at radius 1 is 1.42 bits per heavy atom. The zero-order chi connectivity index (χ0) is 8.97. The van der Waals surface area contributed by atoms with Gasteiger partial charge in [-0.15, -0.1) is 0 Å². The molecule has 0 heterocycles. The molecule has 0 saturated carbocycles. The van der Waals surface area contributed by atoms with Crippen LogP contribution in [0.15, 0.2) is 29.3 Å². The summed E-state index contributed by atoms with van der Waals surface area (Å²) in [5.74, 6) is 0. The third-order valence-corrected chi connectivity index (χ3v) is 1.85. The van der Waals surface area contributed by atoms with Gasteiger partial charge in [0.05, 0.1) is 0 Å². The van der Waals surface area contributed by atoms with Crippen LogP contribution >= 0.6 is 0 Å². The van der Waals surface area contributed by atoms with Gasteiger partial charge in [-0.1, -0.05) is 37.8 Å². The minimum Gasteiger partial charge on any atom is -0.268 e. The molecule has 12 heavy (non-hydrogen) atoms. The smallest absolute Gasteiger partial charge is 0.0471 e. The molecule has 0 spiro atoms. The largest absolute Gasteiger partial charge is 0.268 e. The molecule has 1 rings (SSSR count). The lowest BCUT2D eigenvalue weighted by molar-refractivity contribution is 1.18. The first-order valence-corrected chi connectivity index (χ1v) is 4.03. The molecule has 1 heteroatoms. The van der Waals surface area contributed by atoms with Crippen molar-refractivity contribution in [3.63, 3.8) is 0 Å². The van der Waals surface area contributed by atoms with Crippen molar-refractivity contribution >= 4 is 19.0 Å². The van der Waals surface area contributed by atoms with Gasteiger partial charge in [0.1, 0.15) is 0 Å². The highest BCUT2D eigenvalue weighted by molar-refractivity contribution is 5.50. The monoisotopic (exact) mass is 159 g/mol. The molecule has 0 fully saturated rings. The Balaban J connectivity index is 3.53. The van der Waals surface area contributed by atoms with Gasteiger partial charge in [-0.05, 0) is 18.4 Å². The predicted molar refractivity (Wildman–Crippen MR) is 54.5 cm³/mol. The van der Waals surface area contributed by atoms with Crippen LogP contribution in [0.4, 0.5) is 0 Å². The van der Waals surface area contributed by atoms with E-state index < -0.39 is 0 Å². The van der Waals surface area contributed by atoms with Crippen molar-refractivity contribution in [2.45, 2.75) is 13.3 Å². The van der Waals surface area contributed by atoms with E-state index in [1.54, 1.807) is 0 Å². The van der Waals surface area contributed by atoms with Crippen LogP contribution in [0.3, 0.4) is 0 Å². The summed E-state index contributed by atoms with van der Waals surface area (Å²) < 4.78 is 0. The Hall–Kier alpha value is -1.37. The summed E-state index contributed by atoms with van der Waals surface area (Å²) in [6.07, 6.45) is 0.899. The standard InChI is InChI=1S/C11H13N/c1-4-11(12-3)10-8-6-5-7-9(10)2/h5-8H,2-4H2,1H3/b11-10-. The van der Waals surface area contributed by atoms with Crippen molar-refractivity contribution in [3.05, 3.63) is 34.7 Å². The highest BCUT2D eigenvalue weighted by atomic mass is 14.7. The van der Waals surface area contributed by atoms with Gasteiger partial charge in [-0.3, -0.25) is 4.99 Å². The summed E-state index contributed by atoms with van der Waals surface area (Å²) in [5.41, 5.74) is 1.01. The molecule has 0 atom stereocenters. The third kappa shape index (κ3) is 1.62. The van der Waals surface area contributed by atoms with Gasteiger partial charge in [-0.2, -0.15) is 0 Å². The summed E-state index contributed by atoms with van der Waals surface area (Å²) >= 11 is 0. The second-order valence-corrected chi connectivity index (χ2v) is 2.62. The Morgan fingerprint density at radius 3 is 2.58 bits per heavy atom. The first-order chi connectivity index (χ1) is 5.79. The number of rotatable bonds is 2. The molecular formula is C11H13N. The topological polar surface area (TPSA) is 12.4 Å². The van der Waals surface area contributed by atoms with Crippen LogP contribution in [-0.4, -0.2) is 6.72 Å². The van der Waals surface area contributed by atoms with E-state index in [-0.39, 0.29) is 0 Å². The van der Waals surface area contributed by atoms with E-state index in [4.69, 9.17) is 0 Å². The van der Waals surface area contributed by atoms with E-state index in [0.29, 0.717) is 0 Å². The maximum absolute atomic E-state index is 3.96. The molecule has 0 amide bonds. The molecule has 62 valence electrons. The number of hydrogen-bond acceptors (Lipinski definition) is 1. The van der Waals surface area contributed by atoms with Crippen molar-refractivity contribution < 1.29 is 0 Å². The summed E-state index contributed by atoms with van der Waals surface area (Å²) in [7, 11) is 0. The first kappa shape index (κ1) is 8.72. The maximum Gasteiger partial charge on any atom is 0.0471 e. The summed E-state index contributed by atoms with van der Waals surface area (Å²) in [6.45, 7) is 9.53. The lowest BCUT2D eigenvalue weighted by atomic mass is 10.2. The zero-order valence-electron chi connectivity index (χ0n) is 7.38. The SMILES string of the molecule is C=N/C(CC)=c1/ccccc1=C. The highest BCUT2D eigenvalue weighted by Crippen LogP contribution is 1.97. The highest BCUT2D eigenvalue weighted by Gasteiger charge is 1.90. The van der Waals surface area contributed by atoms with Crippen molar-refractivity contribution in [1.29, 1.82) is 0 Å². The molecule has 0 unspecified atom stereocenters. The van der Waals surface area contributed by atoms with E-state index in [1.807, 2.05) is 24.3 Å². The van der Waals surface area contributed by atoms with Gasteiger partial charge in [0, 0.05) is 10.9 Å². The molecule has 0 aliphatic carbocycles. The zero-order valence-corrected chi connectivity index (χ0v) is 7.38. The number of hydrogen-bond donors (Lipinski definition) is 0. The van der Waals surface area contributed by atoms with Crippen LogP contribution in [0.25, 0.3) is 12.3 Å². The molecule has 0 bridgehead atoms. The van der Waals surface area contributed by atoms with Gasteiger partial charge in [0.2, 0.25) is 0 Å². The Kier molecular flexibility index (Phi) is 2.81. The van der Waals surface area contributed by atoms with Crippen LogP contribution in [0.2, 0.25) is 0 Å². The summed E-state index contributed by atoms with van der Waals surface area (Å²) in [4.78, 5) is 3.96. The molecule has 0 radical (unpaired) electrons. The van der Waals surface area contributed by atoms with Crippen molar-refractivity contribution in [2.24, 2.45) is 4.99 Å². The minimum atomic E-state index is 0.899. The molecule has 0 aliphatic heterocycles. The Morgan fingerprint density at radius 2 is 2.08 bits per heavy atom. The molecule has 1 nitrogen and oxygen atoms in total. The number of nitrogens with zero attached hydrogens (tertiary/aromatic N) is 1. The summed E-state index contributed by atoms with van der Waals surface area (Å²) in [5, 5.41) is 2.12. The number of benzene rings is 1. The fourth-order valence-corrected chi connectivity index (χ4v) is 1.19. The van der Waals surface area contributed by atoms with Crippen LogP contribution in [0.5, 0.6) is 0 Å². The van der Waals surface area contributed by atoms with Crippen LogP contribution in [0, 0.1) is 0 Å². The molecular weight excluding hydrogens is 146 g/mol. The van der Waals surface area contributed by atoms with E-state index in [2.05, 4.69) is 25.2 Å². The average Bonchev–Trinajstić information content (AvgIpc) is 2.10. The Labute approximate surface area is 72.8 Å².